The van der Waals surface area contributed by atoms with Crippen LogP contribution in [-0.4, -0.2) is 22.4 Å². The monoisotopic (exact) mass is 294 g/mol. The molecule has 0 bridgehead atoms. The fraction of sp³-hybridized carbons (Fsp3) is 0.154. The van der Waals surface area contributed by atoms with Crippen LogP contribution < -0.4 is 11.1 Å². The second-order valence-electron chi connectivity index (χ2n) is 4.06. The van der Waals surface area contributed by atoms with Crippen LogP contribution in [0, 0.1) is 0 Å². The SMILES string of the molecule is C=C(Cl)COC(=O)Cn1[nH]c(=O)c2ccccc2c1=O. The molecule has 7 heteroatoms. The zero-order valence-corrected chi connectivity index (χ0v) is 11.1. The fourth-order valence-electron chi connectivity index (χ4n) is 1.69. The number of H-pyrrole nitrogens is 1. The van der Waals surface area contributed by atoms with Crippen molar-refractivity contribution < 1.29 is 9.53 Å². The molecule has 0 radical (unpaired) electrons. The number of fused-ring (bicyclic) bond motifs is 1. The number of aromatic nitrogens is 2. The van der Waals surface area contributed by atoms with Crippen molar-refractivity contribution in [1.82, 2.24) is 9.78 Å². The first kappa shape index (κ1) is 14.1. The number of benzene rings is 1. The molecule has 0 aliphatic rings. The fourth-order valence-corrected chi connectivity index (χ4v) is 1.75. The van der Waals surface area contributed by atoms with E-state index in [-0.39, 0.29) is 22.4 Å². The van der Waals surface area contributed by atoms with Gasteiger partial charge in [0, 0.05) is 5.03 Å². The molecule has 1 aromatic heterocycles. The predicted molar refractivity (Wildman–Crippen MR) is 74.8 cm³/mol. The van der Waals surface area contributed by atoms with Gasteiger partial charge in [-0.2, -0.15) is 0 Å². The second kappa shape index (κ2) is 5.75. The standard InChI is InChI=1S/C13H11ClN2O4/c1-8(14)7-20-11(17)6-16-13(19)10-5-3-2-4-9(10)12(18)15-16/h2-5H,1,6-7H2,(H,15,18). The summed E-state index contributed by atoms with van der Waals surface area (Å²) in [6.07, 6.45) is 0. The summed E-state index contributed by atoms with van der Waals surface area (Å²) in [6.45, 7) is 2.82. The number of carbonyl (C=O) groups excluding carboxylic acids is 1. The van der Waals surface area contributed by atoms with Gasteiger partial charge in [-0.25, -0.2) is 4.68 Å². The zero-order valence-electron chi connectivity index (χ0n) is 10.4. The van der Waals surface area contributed by atoms with E-state index in [0.29, 0.717) is 0 Å². The molecule has 0 spiro atoms. The number of esters is 1. The molecule has 0 saturated heterocycles. The summed E-state index contributed by atoms with van der Waals surface area (Å²) < 4.78 is 5.67. The first-order chi connectivity index (χ1) is 9.49. The Hall–Kier alpha value is -2.34. The number of hydrogen-bond acceptors (Lipinski definition) is 4. The Balaban J connectivity index is 2.34. The summed E-state index contributed by atoms with van der Waals surface area (Å²) in [5.41, 5.74) is -0.920. The molecule has 2 aromatic rings. The number of ether oxygens (including phenoxy) is 1. The van der Waals surface area contributed by atoms with Crippen LogP contribution in [0.1, 0.15) is 0 Å². The van der Waals surface area contributed by atoms with Crippen LogP contribution in [0.4, 0.5) is 0 Å². The van der Waals surface area contributed by atoms with Crippen molar-refractivity contribution >= 4 is 28.3 Å². The molecule has 0 amide bonds. The van der Waals surface area contributed by atoms with E-state index in [2.05, 4.69) is 11.7 Å². The third kappa shape index (κ3) is 2.97. The third-order valence-corrected chi connectivity index (χ3v) is 2.67. The molecule has 20 heavy (non-hydrogen) atoms. The van der Waals surface area contributed by atoms with Gasteiger partial charge >= 0.3 is 5.97 Å². The van der Waals surface area contributed by atoms with E-state index < -0.39 is 23.6 Å². The van der Waals surface area contributed by atoms with Gasteiger partial charge in [0.25, 0.3) is 11.1 Å². The maximum absolute atomic E-state index is 12.1. The van der Waals surface area contributed by atoms with Gasteiger partial charge in [0.2, 0.25) is 0 Å². The van der Waals surface area contributed by atoms with Crippen molar-refractivity contribution in [3.05, 3.63) is 56.6 Å². The van der Waals surface area contributed by atoms with Crippen molar-refractivity contribution in [3.8, 4) is 0 Å². The van der Waals surface area contributed by atoms with Gasteiger partial charge in [-0.1, -0.05) is 30.3 Å². The summed E-state index contributed by atoms with van der Waals surface area (Å²) in [7, 11) is 0. The molecule has 0 fully saturated rings. The van der Waals surface area contributed by atoms with Gasteiger partial charge in [0.15, 0.2) is 0 Å². The highest BCUT2D eigenvalue weighted by Gasteiger charge is 2.10. The van der Waals surface area contributed by atoms with Crippen LogP contribution in [-0.2, 0) is 16.1 Å². The number of nitrogens with one attached hydrogen (secondary N) is 1. The lowest BCUT2D eigenvalue weighted by Crippen LogP contribution is -2.32. The minimum absolute atomic E-state index is 0.146. The van der Waals surface area contributed by atoms with Gasteiger partial charge in [0.1, 0.15) is 13.2 Å². The van der Waals surface area contributed by atoms with Crippen LogP contribution in [0.15, 0.2) is 45.5 Å². The second-order valence-corrected chi connectivity index (χ2v) is 4.59. The molecule has 0 unspecified atom stereocenters. The smallest absolute Gasteiger partial charge is 0.328 e. The molecule has 0 aliphatic heterocycles. The maximum Gasteiger partial charge on any atom is 0.328 e. The molecular formula is C13H11ClN2O4. The summed E-state index contributed by atoms with van der Waals surface area (Å²) >= 11 is 5.46. The van der Waals surface area contributed by atoms with Gasteiger partial charge < -0.3 is 4.74 Å². The predicted octanol–water partition coefficient (Wildman–Crippen LogP) is 0.986. The Morgan fingerprint density at radius 3 is 2.60 bits per heavy atom. The van der Waals surface area contributed by atoms with Crippen LogP contribution >= 0.6 is 11.6 Å². The van der Waals surface area contributed by atoms with Gasteiger partial charge in [-0.3, -0.25) is 19.5 Å². The minimum atomic E-state index is -0.695. The summed E-state index contributed by atoms with van der Waals surface area (Å²) in [5.74, 6) is -0.695. The van der Waals surface area contributed by atoms with Crippen LogP contribution in [0.5, 0.6) is 0 Å². The molecule has 6 nitrogen and oxygen atoms in total. The molecule has 1 N–H and O–H groups in total. The van der Waals surface area contributed by atoms with Crippen LogP contribution in [0.3, 0.4) is 0 Å². The molecule has 1 aromatic carbocycles. The van der Waals surface area contributed by atoms with E-state index in [1.165, 1.54) is 12.1 Å². The van der Waals surface area contributed by atoms with E-state index in [1.807, 2.05) is 0 Å². The molecule has 2 rings (SSSR count). The van der Waals surface area contributed by atoms with Gasteiger partial charge in [0.05, 0.1) is 10.8 Å². The lowest BCUT2D eigenvalue weighted by molar-refractivity contribution is -0.143. The van der Waals surface area contributed by atoms with E-state index in [9.17, 15) is 14.4 Å². The van der Waals surface area contributed by atoms with Crippen molar-refractivity contribution in [2.75, 3.05) is 6.61 Å². The highest BCUT2D eigenvalue weighted by molar-refractivity contribution is 6.29. The topological polar surface area (TPSA) is 81.2 Å². The first-order valence-corrected chi connectivity index (χ1v) is 6.07. The molecule has 0 aliphatic carbocycles. The van der Waals surface area contributed by atoms with E-state index in [1.54, 1.807) is 12.1 Å². The van der Waals surface area contributed by atoms with Crippen molar-refractivity contribution in [3.63, 3.8) is 0 Å². The number of hydrogen-bond donors (Lipinski definition) is 1. The Bertz CT molecular complexity index is 791. The number of halogens is 1. The van der Waals surface area contributed by atoms with Crippen LogP contribution in [0.25, 0.3) is 10.8 Å². The molecule has 104 valence electrons. The number of aromatic amines is 1. The minimum Gasteiger partial charge on any atom is -0.459 e. The van der Waals surface area contributed by atoms with Gasteiger partial charge in [-0.05, 0) is 12.1 Å². The van der Waals surface area contributed by atoms with E-state index >= 15 is 0 Å². The Kier molecular flexibility index (Phi) is 4.05. The molecule has 0 saturated carbocycles. The third-order valence-electron chi connectivity index (χ3n) is 2.56. The summed E-state index contributed by atoms with van der Waals surface area (Å²) in [5, 5.41) is 3.01. The largest absolute Gasteiger partial charge is 0.459 e. The van der Waals surface area contributed by atoms with Crippen molar-refractivity contribution in [2.24, 2.45) is 0 Å². The number of rotatable bonds is 4. The van der Waals surface area contributed by atoms with Crippen molar-refractivity contribution in [1.29, 1.82) is 0 Å². The Morgan fingerprint density at radius 1 is 1.30 bits per heavy atom. The van der Waals surface area contributed by atoms with Crippen molar-refractivity contribution in [2.45, 2.75) is 6.54 Å². The Morgan fingerprint density at radius 2 is 1.95 bits per heavy atom. The lowest BCUT2D eigenvalue weighted by atomic mass is 10.2. The molecular weight excluding hydrogens is 284 g/mol. The van der Waals surface area contributed by atoms with Gasteiger partial charge in [-0.15, -0.1) is 0 Å². The Labute approximate surface area is 118 Å². The quantitative estimate of drug-likeness (QED) is 0.853. The molecule has 1 heterocycles. The average Bonchev–Trinajstić information content (AvgIpc) is 2.42. The van der Waals surface area contributed by atoms with E-state index in [0.717, 1.165) is 4.68 Å². The average molecular weight is 295 g/mol. The highest BCUT2D eigenvalue weighted by atomic mass is 35.5. The number of carbonyl (C=O) groups is 1. The van der Waals surface area contributed by atoms with E-state index in [4.69, 9.17) is 16.3 Å². The summed E-state index contributed by atoms with van der Waals surface area (Å²) in [4.78, 5) is 35.4. The highest BCUT2D eigenvalue weighted by Crippen LogP contribution is 2.02. The lowest BCUT2D eigenvalue weighted by Gasteiger charge is -2.07. The summed E-state index contributed by atoms with van der Waals surface area (Å²) in [6, 6.07) is 6.36. The maximum atomic E-state index is 12.1. The first-order valence-electron chi connectivity index (χ1n) is 5.70. The van der Waals surface area contributed by atoms with Crippen LogP contribution in [0.2, 0.25) is 0 Å². The molecule has 0 atom stereocenters. The zero-order chi connectivity index (χ0) is 14.7. The number of nitrogens with zero attached hydrogens (tertiary/aromatic N) is 1. The normalized spacial score (nSPS) is 10.4.